The number of ether oxygens (including phenoxy) is 1. The van der Waals surface area contributed by atoms with Crippen LogP contribution in [0.5, 0.6) is 5.75 Å². The fourth-order valence-corrected chi connectivity index (χ4v) is 4.78. The molecule has 1 saturated heterocycles. The Bertz CT molecular complexity index is 1200. The predicted molar refractivity (Wildman–Crippen MR) is 127 cm³/mol. The second kappa shape index (κ2) is 9.66. The third kappa shape index (κ3) is 5.19. The summed E-state index contributed by atoms with van der Waals surface area (Å²) in [6, 6.07) is 16.3. The first-order valence-corrected chi connectivity index (χ1v) is 12.6. The highest BCUT2D eigenvalue weighted by molar-refractivity contribution is 7.91. The lowest BCUT2D eigenvalue weighted by Gasteiger charge is -2.34. The number of carbonyl (C=O) groups excluding carboxylic acids is 1. The molecule has 0 saturated carbocycles. The van der Waals surface area contributed by atoms with E-state index in [1.54, 1.807) is 43.1 Å². The average molecular weight is 469 g/mol. The number of carbonyl (C=O) groups is 1. The number of hydrogen-bond donors (Lipinski definition) is 1. The highest BCUT2D eigenvalue weighted by atomic mass is 32.2. The molecule has 0 radical (unpaired) electrons. The topological polar surface area (TPSA) is 93.5 Å². The molecule has 1 aliphatic rings. The molecular formula is C24H28N4O4S. The summed E-state index contributed by atoms with van der Waals surface area (Å²) in [5, 5.41) is 7.49. The first-order valence-electron chi connectivity index (χ1n) is 11.0. The lowest BCUT2D eigenvalue weighted by Crippen LogP contribution is -2.44. The molecule has 3 aromatic rings. The molecule has 33 heavy (non-hydrogen) atoms. The van der Waals surface area contributed by atoms with Gasteiger partial charge in [-0.25, -0.2) is 13.1 Å². The minimum absolute atomic E-state index is 0.0691. The number of amides is 1. The van der Waals surface area contributed by atoms with Gasteiger partial charge >= 0.3 is 0 Å². The zero-order valence-corrected chi connectivity index (χ0v) is 19.6. The highest BCUT2D eigenvalue weighted by Gasteiger charge is 2.23. The van der Waals surface area contributed by atoms with Gasteiger partial charge in [0.1, 0.15) is 5.75 Å². The van der Waals surface area contributed by atoms with Gasteiger partial charge in [0.2, 0.25) is 0 Å². The van der Waals surface area contributed by atoms with Crippen molar-refractivity contribution in [1.29, 1.82) is 0 Å². The second-order valence-corrected chi connectivity index (χ2v) is 10.3. The van der Waals surface area contributed by atoms with Crippen LogP contribution in [0.1, 0.15) is 30.3 Å². The summed E-state index contributed by atoms with van der Waals surface area (Å²) in [5.74, 6) is 0.669. The summed E-state index contributed by atoms with van der Waals surface area (Å²) in [4.78, 5) is 15.3. The molecule has 1 fully saturated rings. The van der Waals surface area contributed by atoms with E-state index < -0.39 is 9.84 Å². The first kappa shape index (κ1) is 22.8. The van der Waals surface area contributed by atoms with Crippen molar-refractivity contribution in [2.24, 2.45) is 0 Å². The Morgan fingerprint density at radius 3 is 2.27 bits per heavy atom. The fraction of sp³-hybridized carbons (Fsp3) is 0.333. The number of nitrogens with one attached hydrogen (secondary N) is 1. The van der Waals surface area contributed by atoms with E-state index in [0.29, 0.717) is 10.6 Å². The summed E-state index contributed by atoms with van der Waals surface area (Å²) in [6.07, 6.45) is 3.38. The van der Waals surface area contributed by atoms with Gasteiger partial charge in [-0.05, 0) is 67.4 Å². The molecule has 1 amide bonds. The molecule has 0 aliphatic carbocycles. The molecule has 2 heterocycles. The van der Waals surface area contributed by atoms with Gasteiger partial charge < -0.3 is 15.0 Å². The smallest absolute Gasteiger partial charge is 0.272 e. The summed E-state index contributed by atoms with van der Waals surface area (Å²) < 4.78 is 30.8. The van der Waals surface area contributed by atoms with Gasteiger partial charge in [-0.2, -0.15) is 5.10 Å². The molecule has 8 nitrogen and oxygen atoms in total. The SMILES string of the molecule is CCS(=O)(=O)c1ccc(N2CCC(NC(=O)c3ccn(-c4ccc(OC)cc4)n3)CC2)cc1. The largest absolute Gasteiger partial charge is 0.497 e. The second-order valence-electron chi connectivity index (χ2n) is 7.98. The number of methoxy groups -OCH3 is 1. The summed E-state index contributed by atoms with van der Waals surface area (Å²) >= 11 is 0. The summed E-state index contributed by atoms with van der Waals surface area (Å²) in [5.41, 5.74) is 2.22. The third-order valence-electron chi connectivity index (χ3n) is 5.93. The molecule has 0 bridgehead atoms. The lowest BCUT2D eigenvalue weighted by atomic mass is 10.0. The molecule has 1 aliphatic heterocycles. The molecule has 1 N–H and O–H groups in total. The van der Waals surface area contributed by atoms with E-state index in [0.717, 1.165) is 43.1 Å². The van der Waals surface area contributed by atoms with Crippen LogP contribution in [-0.4, -0.2) is 56.1 Å². The Balaban J connectivity index is 1.32. The van der Waals surface area contributed by atoms with Crippen molar-refractivity contribution in [2.45, 2.75) is 30.7 Å². The Labute approximate surface area is 194 Å². The monoisotopic (exact) mass is 468 g/mol. The van der Waals surface area contributed by atoms with Gasteiger partial charge in [-0.1, -0.05) is 6.92 Å². The standard InChI is InChI=1S/C24H28N4O4S/c1-3-33(30,31)22-10-6-19(7-11-22)27-15-12-18(13-16-27)25-24(29)23-14-17-28(26-23)20-4-8-21(32-2)9-5-20/h4-11,14,17-18H,3,12-13,15-16H2,1-2H3,(H,25,29). The van der Waals surface area contributed by atoms with Crippen LogP contribution in [0.4, 0.5) is 5.69 Å². The molecule has 0 atom stereocenters. The maximum absolute atomic E-state index is 12.7. The third-order valence-corrected chi connectivity index (χ3v) is 7.68. The molecule has 1 aromatic heterocycles. The van der Waals surface area contributed by atoms with Crippen LogP contribution >= 0.6 is 0 Å². The van der Waals surface area contributed by atoms with E-state index in [9.17, 15) is 13.2 Å². The van der Waals surface area contributed by atoms with E-state index in [1.807, 2.05) is 36.4 Å². The van der Waals surface area contributed by atoms with Crippen molar-refractivity contribution < 1.29 is 17.9 Å². The average Bonchev–Trinajstić information content (AvgIpc) is 3.35. The van der Waals surface area contributed by atoms with Crippen molar-refractivity contribution in [3.63, 3.8) is 0 Å². The van der Waals surface area contributed by atoms with E-state index in [4.69, 9.17) is 4.74 Å². The lowest BCUT2D eigenvalue weighted by molar-refractivity contribution is 0.0925. The first-order chi connectivity index (χ1) is 15.9. The maximum Gasteiger partial charge on any atom is 0.272 e. The molecule has 174 valence electrons. The number of aromatic nitrogens is 2. The van der Waals surface area contributed by atoms with Gasteiger partial charge in [-0.3, -0.25) is 4.79 Å². The van der Waals surface area contributed by atoms with Gasteiger partial charge in [0.05, 0.1) is 23.4 Å². The number of sulfone groups is 1. The number of hydrogen-bond acceptors (Lipinski definition) is 6. The molecule has 4 rings (SSSR count). The van der Waals surface area contributed by atoms with Crippen LogP contribution in [0.2, 0.25) is 0 Å². The van der Waals surface area contributed by atoms with E-state index >= 15 is 0 Å². The molecule has 0 unspecified atom stereocenters. The van der Waals surface area contributed by atoms with Gasteiger partial charge in [0, 0.05) is 31.0 Å². The number of benzene rings is 2. The van der Waals surface area contributed by atoms with E-state index in [-0.39, 0.29) is 17.7 Å². The van der Waals surface area contributed by atoms with E-state index in [1.165, 1.54) is 0 Å². The normalized spacial score (nSPS) is 14.8. The van der Waals surface area contributed by atoms with Gasteiger partial charge in [-0.15, -0.1) is 0 Å². The molecule has 0 spiro atoms. The van der Waals surface area contributed by atoms with Crippen LogP contribution in [-0.2, 0) is 9.84 Å². The van der Waals surface area contributed by atoms with Crippen molar-refractivity contribution in [2.75, 3.05) is 30.9 Å². The number of rotatable bonds is 7. The number of nitrogens with zero attached hydrogens (tertiary/aromatic N) is 3. The minimum Gasteiger partial charge on any atom is -0.497 e. The highest BCUT2D eigenvalue weighted by Crippen LogP contribution is 2.23. The van der Waals surface area contributed by atoms with Crippen LogP contribution < -0.4 is 15.0 Å². The predicted octanol–water partition coefficient (Wildman–Crippen LogP) is 3.07. The van der Waals surface area contributed by atoms with E-state index in [2.05, 4.69) is 15.3 Å². The Hall–Kier alpha value is -3.33. The quantitative estimate of drug-likeness (QED) is 0.573. The summed E-state index contributed by atoms with van der Waals surface area (Å²) in [6.45, 7) is 3.21. The zero-order chi connectivity index (χ0) is 23.4. The van der Waals surface area contributed by atoms with Crippen molar-refractivity contribution >= 4 is 21.4 Å². The van der Waals surface area contributed by atoms with Crippen LogP contribution in [0.25, 0.3) is 5.69 Å². The summed E-state index contributed by atoms with van der Waals surface area (Å²) in [7, 11) is -1.58. The van der Waals surface area contributed by atoms with Gasteiger partial charge in [0.25, 0.3) is 5.91 Å². The molecular weight excluding hydrogens is 440 g/mol. The minimum atomic E-state index is -3.19. The van der Waals surface area contributed by atoms with Crippen molar-refractivity contribution in [3.8, 4) is 11.4 Å². The zero-order valence-electron chi connectivity index (χ0n) is 18.8. The van der Waals surface area contributed by atoms with Crippen LogP contribution in [0.15, 0.2) is 65.7 Å². The van der Waals surface area contributed by atoms with Crippen molar-refractivity contribution in [3.05, 3.63) is 66.5 Å². The molecule has 9 heteroatoms. The maximum atomic E-state index is 12.7. The van der Waals surface area contributed by atoms with Crippen LogP contribution in [0, 0.1) is 0 Å². The van der Waals surface area contributed by atoms with Crippen LogP contribution in [0.3, 0.4) is 0 Å². The Morgan fingerprint density at radius 2 is 1.67 bits per heavy atom. The number of anilines is 1. The van der Waals surface area contributed by atoms with Crippen molar-refractivity contribution in [1.82, 2.24) is 15.1 Å². The fourth-order valence-electron chi connectivity index (χ4n) is 3.90. The molecule has 2 aromatic carbocycles. The Kier molecular flexibility index (Phi) is 6.69. The van der Waals surface area contributed by atoms with Gasteiger partial charge in [0.15, 0.2) is 15.5 Å². The Morgan fingerprint density at radius 1 is 1.03 bits per heavy atom. The number of piperidine rings is 1.